The largest absolute Gasteiger partial charge is 0.466 e. The summed E-state index contributed by atoms with van der Waals surface area (Å²) in [5.74, 6) is -0.797. The normalized spacial score (nSPS) is 16.6. The fourth-order valence-corrected chi connectivity index (χ4v) is 5.92. The lowest BCUT2D eigenvalue weighted by Gasteiger charge is -2.30. The van der Waals surface area contributed by atoms with Crippen LogP contribution in [0.3, 0.4) is 0 Å². The van der Waals surface area contributed by atoms with Crippen LogP contribution >= 0.6 is 22.9 Å². The summed E-state index contributed by atoms with van der Waals surface area (Å²) < 4.78 is 31.4. The van der Waals surface area contributed by atoms with Gasteiger partial charge >= 0.3 is 5.97 Å². The molecule has 0 saturated heterocycles. The first-order chi connectivity index (χ1) is 12.2. The van der Waals surface area contributed by atoms with Crippen molar-refractivity contribution in [2.45, 2.75) is 48.8 Å². The van der Waals surface area contributed by atoms with Crippen molar-refractivity contribution in [3.8, 4) is 0 Å². The van der Waals surface area contributed by atoms with Gasteiger partial charge in [-0.05, 0) is 31.9 Å². The van der Waals surface area contributed by atoms with Crippen LogP contribution in [0, 0.1) is 0 Å². The molecule has 10 heteroatoms. The molecule has 0 atom stereocenters. The monoisotopic (exact) mass is 422 g/mol. The number of likely N-dealkylation sites (N-methyl/N-ethyl adjacent to an activating group) is 1. The molecule has 1 fully saturated rings. The number of halogens is 1. The highest BCUT2D eigenvalue weighted by Gasteiger charge is 2.38. The Morgan fingerprint density at radius 3 is 2.54 bits per heavy atom. The maximum atomic E-state index is 12.5. The van der Waals surface area contributed by atoms with E-state index in [9.17, 15) is 18.0 Å². The summed E-state index contributed by atoms with van der Waals surface area (Å²) in [5.41, 5.74) is -0.653. The van der Waals surface area contributed by atoms with E-state index in [0.717, 1.165) is 28.5 Å². The summed E-state index contributed by atoms with van der Waals surface area (Å²) in [6.45, 7) is 1.68. The van der Waals surface area contributed by atoms with Gasteiger partial charge in [0.25, 0.3) is 10.0 Å². The summed E-state index contributed by atoms with van der Waals surface area (Å²) in [4.78, 5) is 24.3. The Morgan fingerprint density at radius 2 is 2.00 bits per heavy atom. The predicted octanol–water partition coefficient (Wildman–Crippen LogP) is 2.40. The molecule has 1 aliphatic rings. The average molecular weight is 423 g/mol. The summed E-state index contributed by atoms with van der Waals surface area (Å²) in [6.07, 6.45) is 3.26. The Kier molecular flexibility index (Phi) is 7.06. The Hall–Kier alpha value is -1.16. The van der Waals surface area contributed by atoms with Crippen molar-refractivity contribution in [2.75, 3.05) is 20.2 Å². The molecule has 1 aromatic rings. The first-order valence-electron chi connectivity index (χ1n) is 8.37. The molecule has 0 radical (unpaired) electrons. The molecular weight excluding hydrogens is 400 g/mol. The van der Waals surface area contributed by atoms with Crippen molar-refractivity contribution in [1.29, 1.82) is 0 Å². The molecule has 0 spiro atoms. The molecule has 2 rings (SSSR count). The number of hydrogen-bond acceptors (Lipinski definition) is 6. The third-order valence-electron chi connectivity index (χ3n) is 4.33. The topological polar surface area (TPSA) is 92.8 Å². The summed E-state index contributed by atoms with van der Waals surface area (Å²) in [5, 5.41) is 2.87. The maximum Gasteiger partial charge on any atom is 0.308 e. The van der Waals surface area contributed by atoms with Crippen molar-refractivity contribution in [2.24, 2.45) is 0 Å². The molecule has 0 unspecified atom stereocenters. The average Bonchev–Trinajstić information content (AvgIpc) is 3.17. The number of nitrogens with zero attached hydrogens (tertiary/aromatic N) is 1. The van der Waals surface area contributed by atoms with Crippen LogP contribution in [0.25, 0.3) is 0 Å². The number of carbonyl (C=O) groups excluding carboxylic acids is 2. The van der Waals surface area contributed by atoms with E-state index in [1.54, 1.807) is 6.92 Å². The standard InChI is InChI=1S/C16H23ClN2O5S2/c1-3-24-14(21)10-16(8-4-5-9-16)18-13(20)11-19(2)26(22,23)15-7-6-12(17)25-15/h6-7H,3-5,8-11H2,1-2H3,(H,18,20). The molecule has 1 amide bonds. The number of amides is 1. The number of sulfonamides is 1. The molecule has 1 aliphatic carbocycles. The van der Waals surface area contributed by atoms with Crippen LogP contribution in [0.2, 0.25) is 4.34 Å². The minimum Gasteiger partial charge on any atom is -0.466 e. The fourth-order valence-electron chi connectivity index (χ4n) is 3.10. The first-order valence-corrected chi connectivity index (χ1v) is 11.0. The van der Waals surface area contributed by atoms with E-state index in [0.29, 0.717) is 17.2 Å². The molecule has 0 aliphatic heterocycles. The molecule has 0 bridgehead atoms. The predicted molar refractivity (Wildman–Crippen MR) is 99.7 cm³/mol. The highest BCUT2D eigenvalue weighted by molar-refractivity contribution is 7.91. The van der Waals surface area contributed by atoms with Gasteiger partial charge in [-0.15, -0.1) is 11.3 Å². The zero-order valence-electron chi connectivity index (χ0n) is 14.8. The van der Waals surface area contributed by atoms with Crippen LogP contribution in [0.5, 0.6) is 0 Å². The molecule has 1 heterocycles. The van der Waals surface area contributed by atoms with Crippen molar-refractivity contribution in [3.63, 3.8) is 0 Å². The fraction of sp³-hybridized carbons (Fsp3) is 0.625. The van der Waals surface area contributed by atoms with Crippen LogP contribution in [-0.2, 0) is 24.3 Å². The van der Waals surface area contributed by atoms with Gasteiger partial charge in [-0.25, -0.2) is 8.42 Å². The van der Waals surface area contributed by atoms with Crippen molar-refractivity contribution >= 4 is 44.8 Å². The Balaban J connectivity index is 2.02. The number of carbonyl (C=O) groups is 2. The van der Waals surface area contributed by atoms with Crippen LogP contribution in [0.4, 0.5) is 0 Å². The summed E-state index contributed by atoms with van der Waals surface area (Å²) in [7, 11) is -2.44. The molecule has 7 nitrogen and oxygen atoms in total. The van der Waals surface area contributed by atoms with E-state index in [1.807, 2.05) is 0 Å². The molecule has 1 saturated carbocycles. The van der Waals surface area contributed by atoms with Gasteiger partial charge in [-0.2, -0.15) is 4.31 Å². The minimum absolute atomic E-state index is 0.0832. The second kappa shape index (κ2) is 8.69. The SMILES string of the molecule is CCOC(=O)CC1(NC(=O)CN(C)S(=O)(=O)c2ccc(Cl)s2)CCCC1. The second-order valence-corrected chi connectivity index (χ2v) is 10.3. The highest BCUT2D eigenvalue weighted by Crippen LogP contribution is 2.33. The first kappa shape index (κ1) is 21.1. The quantitative estimate of drug-likeness (QED) is 0.649. The van der Waals surface area contributed by atoms with Gasteiger partial charge in [0.15, 0.2) is 0 Å². The minimum atomic E-state index is -3.78. The maximum absolute atomic E-state index is 12.5. The lowest BCUT2D eigenvalue weighted by Crippen LogP contribution is -2.51. The van der Waals surface area contributed by atoms with Crippen molar-refractivity contribution < 1.29 is 22.7 Å². The zero-order valence-corrected chi connectivity index (χ0v) is 17.2. The zero-order chi connectivity index (χ0) is 19.4. The van der Waals surface area contributed by atoms with E-state index >= 15 is 0 Å². The van der Waals surface area contributed by atoms with Crippen molar-refractivity contribution in [1.82, 2.24) is 9.62 Å². The Bertz CT molecular complexity index is 756. The molecule has 0 aromatic carbocycles. The van der Waals surface area contributed by atoms with E-state index in [4.69, 9.17) is 16.3 Å². The van der Waals surface area contributed by atoms with Gasteiger partial charge in [0.1, 0.15) is 4.21 Å². The summed E-state index contributed by atoms with van der Waals surface area (Å²) in [6, 6.07) is 2.91. The van der Waals surface area contributed by atoms with E-state index < -0.39 is 21.5 Å². The summed E-state index contributed by atoms with van der Waals surface area (Å²) >= 11 is 6.73. The molecular formula is C16H23ClN2O5S2. The van der Waals surface area contributed by atoms with Crippen LogP contribution in [0.15, 0.2) is 16.3 Å². The number of hydrogen-bond donors (Lipinski definition) is 1. The van der Waals surface area contributed by atoms with Gasteiger partial charge in [-0.1, -0.05) is 24.4 Å². The van der Waals surface area contributed by atoms with Gasteiger partial charge in [-0.3, -0.25) is 9.59 Å². The molecule has 26 heavy (non-hydrogen) atoms. The van der Waals surface area contributed by atoms with Gasteiger partial charge in [0.2, 0.25) is 5.91 Å². The highest BCUT2D eigenvalue weighted by atomic mass is 35.5. The third kappa shape index (κ3) is 5.18. The van der Waals surface area contributed by atoms with Crippen LogP contribution in [-0.4, -0.2) is 50.3 Å². The number of esters is 1. The number of rotatable bonds is 8. The number of nitrogens with one attached hydrogen (secondary N) is 1. The lowest BCUT2D eigenvalue weighted by atomic mass is 9.93. The Labute approximate surface area is 162 Å². The third-order valence-corrected chi connectivity index (χ3v) is 7.83. The smallest absolute Gasteiger partial charge is 0.308 e. The van der Waals surface area contributed by atoms with Crippen molar-refractivity contribution in [3.05, 3.63) is 16.5 Å². The van der Waals surface area contributed by atoms with E-state index in [-0.39, 0.29) is 29.8 Å². The second-order valence-electron chi connectivity index (χ2n) is 6.34. The van der Waals surface area contributed by atoms with Gasteiger partial charge in [0, 0.05) is 7.05 Å². The van der Waals surface area contributed by atoms with E-state index in [1.165, 1.54) is 19.2 Å². The van der Waals surface area contributed by atoms with E-state index in [2.05, 4.69) is 5.32 Å². The van der Waals surface area contributed by atoms with Gasteiger partial charge in [0.05, 0.1) is 29.4 Å². The van der Waals surface area contributed by atoms with Gasteiger partial charge < -0.3 is 10.1 Å². The molecule has 1 N–H and O–H groups in total. The number of thiophene rings is 1. The number of ether oxygens (including phenoxy) is 1. The molecule has 1 aromatic heterocycles. The Morgan fingerprint density at radius 1 is 1.35 bits per heavy atom. The lowest BCUT2D eigenvalue weighted by molar-refractivity contribution is -0.145. The molecule has 146 valence electrons. The van der Waals surface area contributed by atoms with Crippen LogP contribution in [0.1, 0.15) is 39.0 Å². The van der Waals surface area contributed by atoms with Crippen LogP contribution < -0.4 is 5.32 Å².